The van der Waals surface area contributed by atoms with Crippen LogP contribution in [0, 0.1) is 13.8 Å². The summed E-state index contributed by atoms with van der Waals surface area (Å²) in [5.41, 5.74) is 0. The van der Waals surface area contributed by atoms with Crippen LogP contribution in [-0.4, -0.2) is 56.7 Å². The van der Waals surface area contributed by atoms with Crippen LogP contribution in [0.5, 0.6) is 0 Å². The lowest BCUT2D eigenvalue weighted by atomic mass is 10.0. The maximum absolute atomic E-state index is 12.6. The van der Waals surface area contributed by atoms with Gasteiger partial charge in [-0.1, -0.05) is 6.42 Å². The summed E-state index contributed by atoms with van der Waals surface area (Å²) in [4.78, 5) is 25.1. The Balaban J connectivity index is 1.66. The van der Waals surface area contributed by atoms with E-state index in [2.05, 4.69) is 20.0 Å². The molecule has 7 nitrogen and oxygen atoms in total. The van der Waals surface area contributed by atoms with Gasteiger partial charge in [-0.3, -0.25) is 14.6 Å². The minimum absolute atomic E-state index is 0.0864. The molecule has 24 heavy (non-hydrogen) atoms. The molecular weight excluding hydrogens is 324 g/mol. The maximum Gasteiger partial charge on any atom is 0.242 e. The second kappa shape index (κ2) is 7.40. The predicted molar refractivity (Wildman–Crippen MR) is 94.2 cm³/mol. The van der Waals surface area contributed by atoms with E-state index >= 15 is 0 Å². The quantitative estimate of drug-likeness (QED) is 0.825. The van der Waals surface area contributed by atoms with Crippen LogP contribution in [-0.2, 0) is 11.3 Å². The lowest BCUT2D eigenvalue weighted by Crippen LogP contribution is -2.47. The molecule has 2 aromatic rings. The first-order valence-electron chi connectivity index (χ1n) is 8.32. The Morgan fingerprint density at radius 2 is 2.25 bits per heavy atom. The van der Waals surface area contributed by atoms with E-state index in [1.807, 2.05) is 23.9 Å². The molecule has 1 aliphatic rings. The zero-order valence-corrected chi connectivity index (χ0v) is 15.3. The fourth-order valence-corrected chi connectivity index (χ4v) is 3.80. The molecule has 1 saturated heterocycles. The molecule has 3 rings (SSSR count). The van der Waals surface area contributed by atoms with Gasteiger partial charge >= 0.3 is 0 Å². The maximum atomic E-state index is 12.6. The molecule has 0 aromatic carbocycles. The highest BCUT2D eigenvalue weighted by atomic mass is 32.1. The summed E-state index contributed by atoms with van der Waals surface area (Å²) < 4.78 is 1.97. The highest BCUT2D eigenvalue weighted by Gasteiger charge is 2.27. The summed E-state index contributed by atoms with van der Waals surface area (Å²) in [6.07, 6.45) is 5.15. The molecule has 8 heteroatoms. The van der Waals surface area contributed by atoms with Crippen LogP contribution in [0.15, 0.2) is 11.6 Å². The summed E-state index contributed by atoms with van der Waals surface area (Å²) >= 11 is 1.48. The van der Waals surface area contributed by atoms with E-state index in [1.54, 1.807) is 18.1 Å². The van der Waals surface area contributed by atoms with Gasteiger partial charge in [0.15, 0.2) is 5.13 Å². The fraction of sp³-hybridized carbons (Fsp3) is 0.625. The third-order valence-electron chi connectivity index (χ3n) is 4.51. The lowest BCUT2D eigenvalue weighted by molar-refractivity contribution is -0.120. The zero-order valence-electron chi connectivity index (χ0n) is 14.5. The molecule has 2 aromatic heterocycles. The number of carbonyl (C=O) groups excluding carboxylic acids is 1. The van der Waals surface area contributed by atoms with Gasteiger partial charge in [0.2, 0.25) is 5.91 Å². The second-order valence-electron chi connectivity index (χ2n) is 6.28. The number of rotatable bonds is 5. The summed E-state index contributed by atoms with van der Waals surface area (Å²) in [5.74, 6) is 1.82. The van der Waals surface area contributed by atoms with Gasteiger partial charge in [-0.05, 0) is 33.2 Å². The van der Waals surface area contributed by atoms with Crippen LogP contribution >= 0.6 is 11.3 Å². The number of thiazole rings is 1. The highest BCUT2D eigenvalue weighted by molar-refractivity contribution is 7.13. The van der Waals surface area contributed by atoms with Crippen molar-refractivity contribution in [2.24, 2.45) is 0 Å². The number of carbonyl (C=O) groups is 1. The molecule has 3 heterocycles. The van der Waals surface area contributed by atoms with Gasteiger partial charge in [0.1, 0.15) is 11.6 Å². The van der Waals surface area contributed by atoms with E-state index in [-0.39, 0.29) is 5.91 Å². The van der Waals surface area contributed by atoms with E-state index < -0.39 is 0 Å². The molecule has 1 unspecified atom stereocenters. The number of hydrogen-bond acceptors (Lipinski definition) is 6. The topological polar surface area (TPSA) is 67.2 Å². The van der Waals surface area contributed by atoms with Gasteiger partial charge in [-0.25, -0.2) is 14.6 Å². The first-order chi connectivity index (χ1) is 11.5. The van der Waals surface area contributed by atoms with E-state index in [1.165, 1.54) is 17.8 Å². The van der Waals surface area contributed by atoms with Crippen molar-refractivity contribution in [3.05, 3.63) is 23.2 Å². The molecule has 0 spiro atoms. The Kier molecular flexibility index (Phi) is 5.25. The van der Waals surface area contributed by atoms with Crippen LogP contribution in [0.25, 0.3) is 0 Å². The molecule has 0 N–H and O–H groups in total. The molecule has 0 saturated carbocycles. The largest absolute Gasteiger partial charge is 0.290 e. The normalized spacial score (nSPS) is 18.7. The molecule has 0 radical (unpaired) electrons. The van der Waals surface area contributed by atoms with E-state index in [0.29, 0.717) is 12.6 Å². The Morgan fingerprint density at radius 3 is 2.92 bits per heavy atom. The summed E-state index contributed by atoms with van der Waals surface area (Å²) in [7, 11) is 1.80. The Labute approximate surface area is 146 Å². The van der Waals surface area contributed by atoms with Crippen LogP contribution in [0.2, 0.25) is 0 Å². The predicted octanol–water partition coefficient (Wildman–Crippen LogP) is 1.87. The van der Waals surface area contributed by atoms with Gasteiger partial charge in [-0.2, -0.15) is 5.10 Å². The van der Waals surface area contributed by atoms with Gasteiger partial charge in [0.25, 0.3) is 0 Å². The second-order valence-corrected chi connectivity index (χ2v) is 7.15. The summed E-state index contributed by atoms with van der Waals surface area (Å²) in [6, 6.07) is 0.326. The Hall–Kier alpha value is -1.80. The average Bonchev–Trinajstić information content (AvgIpc) is 3.19. The number of aromatic nitrogens is 4. The van der Waals surface area contributed by atoms with E-state index in [4.69, 9.17) is 0 Å². The van der Waals surface area contributed by atoms with Gasteiger partial charge in [-0.15, -0.1) is 11.3 Å². The number of nitrogens with zero attached hydrogens (tertiary/aromatic N) is 6. The Morgan fingerprint density at radius 1 is 1.42 bits per heavy atom. The van der Waals surface area contributed by atoms with E-state index in [0.717, 1.165) is 42.7 Å². The van der Waals surface area contributed by atoms with Crippen LogP contribution in [0.3, 0.4) is 0 Å². The summed E-state index contributed by atoms with van der Waals surface area (Å²) in [5, 5.41) is 7.10. The third-order valence-corrected chi connectivity index (χ3v) is 5.36. The number of piperidine rings is 1. The molecule has 1 amide bonds. The summed E-state index contributed by atoms with van der Waals surface area (Å²) in [6.45, 7) is 6.06. The molecular formula is C16H24N6OS. The SMILES string of the molecule is Cc1nc(C)n(CC2CCCCN2CC(=O)N(C)c2nccs2)n1. The van der Waals surface area contributed by atoms with Crippen LogP contribution in [0.1, 0.15) is 30.9 Å². The first-order valence-corrected chi connectivity index (χ1v) is 9.20. The van der Waals surface area contributed by atoms with Crippen molar-refractivity contribution in [1.82, 2.24) is 24.6 Å². The van der Waals surface area contributed by atoms with Gasteiger partial charge in [0.05, 0.1) is 13.1 Å². The van der Waals surface area contributed by atoms with Crippen molar-refractivity contribution in [3.8, 4) is 0 Å². The minimum atomic E-state index is 0.0864. The molecule has 130 valence electrons. The number of likely N-dealkylation sites (N-methyl/N-ethyl adjacent to an activating group) is 1. The van der Waals surface area contributed by atoms with Crippen LogP contribution < -0.4 is 4.90 Å². The number of anilines is 1. The molecule has 1 atom stereocenters. The smallest absolute Gasteiger partial charge is 0.242 e. The van der Waals surface area contributed by atoms with E-state index in [9.17, 15) is 4.79 Å². The van der Waals surface area contributed by atoms with Crippen molar-refractivity contribution in [1.29, 1.82) is 0 Å². The van der Waals surface area contributed by atoms with Gasteiger partial charge in [0, 0.05) is 24.7 Å². The number of hydrogen-bond donors (Lipinski definition) is 0. The van der Waals surface area contributed by atoms with Crippen molar-refractivity contribution in [2.75, 3.05) is 25.0 Å². The Bertz CT molecular complexity index is 683. The fourth-order valence-electron chi connectivity index (χ4n) is 3.18. The first kappa shape index (κ1) is 17.0. The van der Waals surface area contributed by atoms with Crippen molar-refractivity contribution in [2.45, 2.75) is 45.7 Å². The molecule has 0 bridgehead atoms. The van der Waals surface area contributed by atoms with Crippen molar-refractivity contribution >= 4 is 22.4 Å². The zero-order chi connectivity index (χ0) is 17.1. The third kappa shape index (κ3) is 3.81. The molecule has 1 fully saturated rings. The number of likely N-dealkylation sites (tertiary alicyclic amines) is 1. The van der Waals surface area contributed by atoms with Crippen molar-refractivity contribution < 1.29 is 4.79 Å². The standard InChI is InChI=1S/C16H24N6OS/c1-12-18-13(2)22(19-12)10-14-6-4-5-8-21(14)11-15(23)20(3)16-17-7-9-24-16/h7,9,14H,4-6,8,10-11H2,1-3H3. The molecule has 1 aliphatic heterocycles. The molecule has 0 aliphatic carbocycles. The highest BCUT2D eigenvalue weighted by Crippen LogP contribution is 2.20. The number of amides is 1. The minimum Gasteiger partial charge on any atom is -0.290 e. The van der Waals surface area contributed by atoms with Crippen molar-refractivity contribution in [3.63, 3.8) is 0 Å². The monoisotopic (exact) mass is 348 g/mol. The van der Waals surface area contributed by atoms with Gasteiger partial charge < -0.3 is 0 Å². The lowest BCUT2D eigenvalue weighted by Gasteiger charge is -2.35. The average molecular weight is 348 g/mol. The van der Waals surface area contributed by atoms with Crippen LogP contribution in [0.4, 0.5) is 5.13 Å². The number of aryl methyl sites for hydroxylation is 2.